The number of hydrogen-bond acceptors (Lipinski definition) is 4. The summed E-state index contributed by atoms with van der Waals surface area (Å²) in [6, 6.07) is 10.8. The number of fused-ring (bicyclic) bond motifs is 1. The lowest BCUT2D eigenvalue weighted by atomic mass is 10.1. The van der Waals surface area contributed by atoms with Gasteiger partial charge in [0.15, 0.2) is 11.5 Å². The minimum Gasteiger partial charge on any atom is -0.493 e. The fourth-order valence-electron chi connectivity index (χ4n) is 4.39. The Kier molecular flexibility index (Phi) is 6.58. The zero-order valence-electron chi connectivity index (χ0n) is 17.9. The molecule has 8 heteroatoms. The second-order valence-corrected chi connectivity index (χ2v) is 8.12. The van der Waals surface area contributed by atoms with E-state index in [1.807, 2.05) is 6.07 Å². The van der Waals surface area contributed by atoms with E-state index >= 15 is 0 Å². The molecule has 0 unspecified atom stereocenters. The van der Waals surface area contributed by atoms with Crippen LogP contribution in [0.3, 0.4) is 0 Å². The lowest BCUT2D eigenvalue weighted by Crippen LogP contribution is -2.34. The third-order valence-electron chi connectivity index (χ3n) is 6.05. The summed E-state index contributed by atoms with van der Waals surface area (Å²) >= 11 is 0. The number of alkyl halides is 2. The van der Waals surface area contributed by atoms with Crippen molar-refractivity contribution in [2.75, 3.05) is 25.1 Å². The summed E-state index contributed by atoms with van der Waals surface area (Å²) in [5, 5.41) is 2.88. The average molecular weight is 444 g/mol. The number of carbonyl (C=O) groups excluding carboxylic acids is 2. The number of anilines is 1. The van der Waals surface area contributed by atoms with E-state index in [0.717, 1.165) is 30.5 Å². The summed E-state index contributed by atoms with van der Waals surface area (Å²) in [5.74, 6) is -0.423. The third kappa shape index (κ3) is 4.84. The summed E-state index contributed by atoms with van der Waals surface area (Å²) in [6.07, 6.45) is 3.95. The highest BCUT2D eigenvalue weighted by atomic mass is 19.3. The number of hydrogen-bond donors (Lipinski definition) is 1. The highest BCUT2D eigenvalue weighted by Crippen LogP contribution is 2.31. The Balaban J connectivity index is 1.31. The van der Waals surface area contributed by atoms with Gasteiger partial charge in [-0.2, -0.15) is 8.78 Å². The van der Waals surface area contributed by atoms with Gasteiger partial charge < -0.3 is 19.7 Å². The van der Waals surface area contributed by atoms with Gasteiger partial charge in [0.1, 0.15) is 0 Å². The van der Waals surface area contributed by atoms with Crippen molar-refractivity contribution in [3.63, 3.8) is 0 Å². The first kappa shape index (κ1) is 22.0. The van der Waals surface area contributed by atoms with E-state index in [-0.39, 0.29) is 29.7 Å². The van der Waals surface area contributed by atoms with Crippen molar-refractivity contribution in [2.45, 2.75) is 38.7 Å². The van der Waals surface area contributed by atoms with Crippen molar-refractivity contribution >= 4 is 17.5 Å². The van der Waals surface area contributed by atoms with E-state index < -0.39 is 12.5 Å². The van der Waals surface area contributed by atoms with Gasteiger partial charge in [0.2, 0.25) is 11.8 Å². The number of ether oxygens (including phenoxy) is 2. The maximum atomic E-state index is 12.6. The molecule has 0 saturated carbocycles. The summed E-state index contributed by atoms with van der Waals surface area (Å²) in [4.78, 5) is 26.9. The van der Waals surface area contributed by atoms with Gasteiger partial charge in [0.25, 0.3) is 0 Å². The molecular weight excluding hydrogens is 418 g/mol. The van der Waals surface area contributed by atoms with Gasteiger partial charge in [-0.05, 0) is 66.6 Å². The highest BCUT2D eigenvalue weighted by molar-refractivity contribution is 6.00. The lowest BCUT2D eigenvalue weighted by Gasteiger charge is -2.18. The van der Waals surface area contributed by atoms with Crippen molar-refractivity contribution in [3.05, 3.63) is 53.1 Å². The Bertz CT molecular complexity index is 1010. The van der Waals surface area contributed by atoms with E-state index in [2.05, 4.69) is 22.2 Å². The highest BCUT2D eigenvalue weighted by Gasteiger charge is 2.35. The van der Waals surface area contributed by atoms with Crippen LogP contribution in [0, 0.1) is 5.92 Å². The molecule has 2 aliphatic rings. The molecule has 0 bridgehead atoms. The van der Waals surface area contributed by atoms with E-state index in [4.69, 9.17) is 4.74 Å². The molecule has 2 amide bonds. The minimum atomic E-state index is -2.93. The number of amides is 2. The van der Waals surface area contributed by atoms with Crippen LogP contribution in [-0.4, -0.2) is 38.6 Å². The number of rotatable bonds is 8. The largest absolute Gasteiger partial charge is 0.493 e. The predicted molar refractivity (Wildman–Crippen MR) is 115 cm³/mol. The topological polar surface area (TPSA) is 67.9 Å². The van der Waals surface area contributed by atoms with Crippen LogP contribution < -0.4 is 19.7 Å². The van der Waals surface area contributed by atoms with Crippen LogP contribution in [0.1, 0.15) is 29.5 Å². The molecule has 6 nitrogen and oxygen atoms in total. The zero-order valence-corrected chi connectivity index (χ0v) is 17.9. The van der Waals surface area contributed by atoms with Crippen molar-refractivity contribution in [1.82, 2.24) is 5.32 Å². The second kappa shape index (κ2) is 9.54. The third-order valence-corrected chi connectivity index (χ3v) is 6.05. The molecule has 1 N–H and O–H groups in total. The van der Waals surface area contributed by atoms with Gasteiger partial charge in [-0.15, -0.1) is 0 Å². The lowest BCUT2D eigenvalue weighted by molar-refractivity contribution is -0.126. The second-order valence-electron chi connectivity index (χ2n) is 8.12. The molecule has 2 aromatic carbocycles. The molecule has 1 aliphatic carbocycles. The standard InChI is InChI=1S/C24H26F2N2O4/c1-31-21-11-15(5-8-20(21)32-24(25)26)9-10-27-23(30)18-13-22(29)28(14-18)19-7-6-16-3-2-4-17(16)12-19/h5-8,11-12,18,24H,2-4,9-10,13-14H2,1H3,(H,27,30)/t18-/m1/s1. The van der Waals surface area contributed by atoms with Gasteiger partial charge >= 0.3 is 6.61 Å². The number of nitrogens with zero attached hydrogens (tertiary/aromatic N) is 1. The Hall–Kier alpha value is -3.16. The van der Waals surface area contributed by atoms with Gasteiger partial charge in [-0.1, -0.05) is 12.1 Å². The van der Waals surface area contributed by atoms with Crippen LogP contribution in [-0.2, 0) is 28.9 Å². The molecule has 1 heterocycles. The Morgan fingerprint density at radius 1 is 1.16 bits per heavy atom. The van der Waals surface area contributed by atoms with Crippen LogP contribution in [0.25, 0.3) is 0 Å². The van der Waals surface area contributed by atoms with Crippen molar-refractivity contribution in [2.24, 2.45) is 5.92 Å². The van der Waals surface area contributed by atoms with Crippen LogP contribution in [0.15, 0.2) is 36.4 Å². The molecule has 32 heavy (non-hydrogen) atoms. The molecule has 1 aliphatic heterocycles. The van der Waals surface area contributed by atoms with Crippen LogP contribution in [0.5, 0.6) is 11.5 Å². The van der Waals surface area contributed by atoms with Crippen LogP contribution >= 0.6 is 0 Å². The first-order valence-electron chi connectivity index (χ1n) is 10.8. The van der Waals surface area contributed by atoms with E-state index in [1.165, 1.54) is 24.3 Å². The summed E-state index contributed by atoms with van der Waals surface area (Å²) in [7, 11) is 1.38. The predicted octanol–water partition coefficient (Wildman–Crippen LogP) is 3.50. The number of halogens is 2. The maximum Gasteiger partial charge on any atom is 0.387 e. The summed E-state index contributed by atoms with van der Waals surface area (Å²) in [6.45, 7) is -2.20. The Morgan fingerprint density at radius 3 is 2.75 bits per heavy atom. The Morgan fingerprint density at radius 2 is 1.97 bits per heavy atom. The molecule has 2 aromatic rings. The zero-order chi connectivity index (χ0) is 22.7. The van der Waals surface area contributed by atoms with Gasteiger partial charge in [0, 0.05) is 25.2 Å². The molecular formula is C24H26F2N2O4. The quantitative estimate of drug-likeness (QED) is 0.677. The molecule has 0 spiro atoms. The van der Waals surface area contributed by atoms with Crippen molar-refractivity contribution in [3.8, 4) is 11.5 Å². The molecule has 4 rings (SSSR count). The molecule has 1 fully saturated rings. The van der Waals surface area contributed by atoms with Crippen LogP contribution in [0.2, 0.25) is 0 Å². The SMILES string of the molecule is COc1cc(CCNC(=O)[C@@H]2CC(=O)N(c3ccc4c(c3)CCC4)C2)ccc1OC(F)F. The van der Waals surface area contributed by atoms with Crippen LogP contribution in [0.4, 0.5) is 14.5 Å². The fourth-order valence-corrected chi connectivity index (χ4v) is 4.39. The average Bonchev–Trinajstić information content (AvgIpc) is 3.40. The number of aryl methyl sites for hydroxylation is 2. The van der Waals surface area contributed by atoms with Gasteiger partial charge in [-0.3, -0.25) is 9.59 Å². The number of nitrogens with one attached hydrogen (secondary N) is 1. The fraction of sp³-hybridized carbons (Fsp3) is 0.417. The van der Waals surface area contributed by atoms with Crippen molar-refractivity contribution in [1.29, 1.82) is 0 Å². The van der Waals surface area contributed by atoms with Gasteiger partial charge in [0.05, 0.1) is 13.0 Å². The maximum absolute atomic E-state index is 12.6. The van der Waals surface area contributed by atoms with E-state index in [0.29, 0.717) is 19.5 Å². The van der Waals surface area contributed by atoms with Gasteiger partial charge in [-0.25, -0.2) is 0 Å². The smallest absolute Gasteiger partial charge is 0.387 e. The number of benzene rings is 2. The minimum absolute atomic E-state index is 0.0357. The Labute approximate surface area is 185 Å². The summed E-state index contributed by atoms with van der Waals surface area (Å²) < 4.78 is 34.4. The van der Waals surface area contributed by atoms with E-state index in [1.54, 1.807) is 17.0 Å². The monoisotopic (exact) mass is 444 g/mol. The van der Waals surface area contributed by atoms with E-state index in [9.17, 15) is 18.4 Å². The number of methoxy groups -OCH3 is 1. The first-order chi connectivity index (χ1) is 15.4. The summed E-state index contributed by atoms with van der Waals surface area (Å²) in [5.41, 5.74) is 4.32. The first-order valence-corrected chi connectivity index (χ1v) is 10.8. The molecule has 0 radical (unpaired) electrons. The number of carbonyl (C=O) groups is 2. The normalized spacial score (nSPS) is 17.6. The molecule has 1 saturated heterocycles. The molecule has 0 aromatic heterocycles. The molecule has 170 valence electrons. The van der Waals surface area contributed by atoms with Crippen molar-refractivity contribution < 1.29 is 27.8 Å². The molecule has 1 atom stereocenters.